The summed E-state index contributed by atoms with van der Waals surface area (Å²) in [4.78, 5) is 0. The minimum atomic E-state index is 0.332. The van der Waals surface area contributed by atoms with Crippen LogP contribution in [0.1, 0.15) is 30.5 Å². The quantitative estimate of drug-likeness (QED) is 0.839. The van der Waals surface area contributed by atoms with E-state index in [-0.39, 0.29) is 0 Å². The first-order chi connectivity index (χ1) is 8.08. The molecule has 2 unspecified atom stereocenters. The highest BCUT2D eigenvalue weighted by Gasteiger charge is 2.14. The van der Waals surface area contributed by atoms with Crippen molar-refractivity contribution < 1.29 is 4.74 Å². The summed E-state index contributed by atoms with van der Waals surface area (Å²) in [5, 5.41) is 4.18. The third-order valence-electron chi connectivity index (χ3n) is 3.04. The number of hydrogen-bond donors (Lipinski definition) is 1. The summed E-state index contributed by atoms with van der Waals surface area (Å²) in [6.07, 6.45) is 1.05. The van der Waals surface area contributed by atoms with Crippen LogP contribution in [0.3, 0.4) is 0 Å². The van der Waals surface area contributed by atoms with Crippen molar-refractivity contribution in [2.24, 2.45) is 5.92 Å². The second-order valence-electron chi connectivity index (χ2n) is 4.65. The molecule has 0 amide bonds. The average Bonchev–Trinajstić information content (AvgIpc) is 2.30. The van der Waals surface area contributed by atoms with Gasteiger partial charge in [-0.05, 0) is 43.5 Å². The zero-order valence-corrected chi connectivity index (χ0v) is 11.8. The lowest BCUT2D eigenvalue weighted by atomic mass is 9.96. The zero-order chi connectivity index (χ0) is 12.8. The number of methoxy groups -OCH3 is 1. The molecule has 0 saturated heterocycles. The lowest BCUT2D eigenvalue weighted by Gasteiger charge is -2.21. The highest BCUT2D eigenvalue weighted by molar-refractivity contribution is 6.31. The van der Waals surface area contributed by atoms with Crippen LogP contribution in [0.4, 0.5) is 0 Å². The van der Waals surface area contributed by atoms with E-state index >= 15 is 0 Å². The Hall–Kier alpha value is -0.570. The maximum Gasteiger partial charge on any atom is 0.0488 e. The Morgan fingerprint density at radius 3 is 2.65 bits per heavy atom. The molecule has 0 bridgehead atoms. The van der Waals surface area contributed by atoms with Crippen molar-refractivity contribution >= 4 is 11.6 Å². The largest absolute Gasteiger partial charge is 0.384 e. The minimum Gasteiger partial charge on any atom is -0.384 e. The predicted octanol–water partition coefficient (Wildman–Crippen LogP) is 3.58. The summed E-state index contributed by atoms with van der Waals surface area (Å²) in [7, 11) is 3.73. The van der Waals surface area contributed by atoms with Gasteiger partial charge in [0, 0.05) is 24.8 Å². The molecule has 0 fully saturated rings. The van der Waals surface area contributed by atoms with Gasteiger partial charge in [0.2, 0.25) is 0 Å². The van der Waals surface area contributed by atoms with Gasteiger partial charge in [-0.3, -0.25) is 0 Å². The Bertz CT molecular complexity index is 354. The molecule has 0 aliphatic heterocycles. The highest BCUT2D eigenvalue weighted by atomic mass is 35.5. The maximum atomic E-state index is 6.16. The molecule has 2 nitrogen and oxygen atoms in total. The Labute approximate surface area is 109 Å². The fraction of sp³-hybridized carbons (Fsp3) is 0.571. The van der Waals surface area contributed by atoms with Crippen LogP contribution in [0.15, 0.2) is 18.2 Å². The third kappa shape index (κ3) is 4.30. The molecule has 0 radical (unpaired) electrons. The van der Waals surface area contributed by atoms with Crippen LogP contribution in [-0.2, 0) is 4.74 Å². The Morgan fingerprint density at radius 2 is 2.12 bits per heavy atom. The lowest BCUT2D eigenvalue weighted by Crippen LogP contribution is -2.20. The standard InChI is InChI=1S/C14H22ClNO/c1-10(9-17-4)7-14(16-3)12-6-5-11(2)13(15)8-12/h5-6,8,10,14,16H,7,9H2,1-4H3. The number of hydrogen-bond acceptors (Lipinski definition) is 2. The summed E-state index contributed by atoms with van der Waals surface area (Å²) in [6, 6.07) is 6.60. The number of halogens is 1. The smallest absolute Gasteiger partial charge is 0.0488 e. The highest BCUT2D eigenvalue weighted by Crippen LogP contribution is 2.25. The molecule has 0 spiro atoms. The van der Waals surface area contributed by atoms with Crippen LogP contribution >= 0.6 is 11.6 Å². The summed E-state index contributed by atoms with van der Waals surface area (Å²) in [6.45, 7) is 5.01. The van der Waals surface area contributed by atoms with E-state index in [0.29, 0.717) is 12.0 Å². The van der Waals surface area contributed by atoms with E-state index in [2.05, 4.69) is 30.4 Å². The second-order valence-corrected chi connectivity index (χ2v) is 5.05. The van der Waals surface area contributed by atoms with Gasteiger partial charge in [-0.25, -0.2) is 0 Å². The molecule has 0 aliphatic carbocycles. The van der Waals surface area contributed by atoms with Crippen LogP contribution in [0.25, 0.3) is 0 Å². The zero-order valence-electron chi connectivity index (χ0n) is 11.1. The SMILES string of the molecule is CNC(CC(C)COC)c1ccc(C)c(Cl)c1. The Balaban J connectivity index is 2.75. The number of rotatable bonds is 6. The maximum absolute atomic E-state index is 6.16. The molecular formula is C14H22ClNO. The van der Waals surface area contributed by atoms with Gasteiger partial charge in [0.05, 0.1) is 0 Å². The molecule has 1 aromatic rings. The first-order valence-corrected chi connectivity index (χ1v) is 6.38. The van der Waals surface area contributed by atoms with Gasteiger partial charge in [-0.15, -0.1) is 0 Å². The fourth-order valence-electron chi connectivity index (χ4n) is 2.00. The van der Waals surface area contributed by atoms with Gasteiger partial charge >= 0.3 is 0 Å². The summed E-state index contributed by atoms with van der Waals surface area (Å²) in [5.41, 5.74) is 2.36. The van der Waals surface area contributed by atoms with E-state index in [4.69, 9.17) is 16.3 Å². The second kappa shape index (κ2) is 7.00. The molecule has 0 aromatic heterocycles. The summed E-state index contributed by atoms with van der Waals surface area (Å²) in [5.74, 6) is 0.525. The monoisotopic (exact) mass is 255 g/mol. The molecule has 96 valence electrons. The molecule has 0 aliphatic rings. The van der Waals surface area contributed by atoms with Crippen LogP contribution in [0, 0.1) is 12.8 Å². The molecule has 1 N–H and O–H groups in total. The molecule has 1 aromatic carbocycles. The molecule has 3 heteroatoms. The number of aryl methyl sites for hydroxylation is 1. The number of ether oxygens (including phenoxy) is 1. The van der Waals surface area contributed by atoms with Crippen molar-refractivity contribution in [1.29, 1.82) is 0 Å². The van der Waals surface area contributed by atoms with Gasteiger partial charge in [0.1, 0.15) is 0 Å². The molecule has 2 atom stereocenters. The average molecular weight is 256 g/mol. The van der Waals surface area contributed by atoms with Gasteiger partial charge in [0.25, 0.3) is 0 Å². The van der Waals surface area contributed by atoms with E-state index in [9.17, 15) is 0 Å². The predicted molar refractivity (Wildman–Crippen MR) is 73.6 cm³/mol. The summed E-state index contributed by atoms with van der Waals surface area (Å²) < 4.78 is 5.17. The molecule has 1 rings (SSSR count). The normalized spacial score (nSPS) is 14.6. The topological polar surface area (TPSA) is 21.3 Å². The van der Waals surface area contributed by atoms with Crippen molar-refractivity contribution in [2.45, 2.75) is 26.3 Å². The van der Waals surface area contributed by atoms with Crippen molar-refractivity contribution in [3.05, 3.63) is 34.3 Å². The number of nitrogens with one attached hydrogen (secondary N) is 1. The van der Waals surface area contributed by atoms with Crippen LogP contribution in [0.5, 0.6) is 0 Å². The summed E-state index contributed by atoms with van der Waals surface area (Å²) >= 11 is 6.16. The van der Waals surface area contributed by atoms with Crippen molar-refractivity contribution in [3.8, 4) is 0 Å². The first kappa shape index (κ1) is 14.5. The van der Waals surface area contributed by atoms with Crippen molar-refractivity contribution in [3.63, 3.8) is 0 Å². The van der Waals surface area contributed by atoms with E-state index in [1.165, 1.54) is 5.56 Å². The van der Waals surface area contributed by atoms with E-state index in [1.807, 2.05) is 14.0 Å². The molecule has 0 saturated carbocycles. The van der Waals surface area contributed by atoms with Crippen molar-refractivity contribution in [1.82, 2.24) is 5.32 Å². The van der Waals surface area contributed by atoms with E-state index in [1.54, 1.807) is 7.11 Å². The Kier molecular flexibility index (Phi) is 5.96. The lowest BCUT2D eigenvalue weighted by molar-refractivity contribution is 0.150. The third-order valence-corrected chi connectivity index (χ3v) is 3.44. The van der Waals surface area contributed by atoms with Crippen molar-refractivity contribution in [2.75, 3.05) is 20.8 Å². The van der Waals surface area contributed by atoms with Crippen LogP contribution < -0.4 is 5.32 Å². The number of benzene rings is 1. The molecule has 0 heterocycles. The fourth-order valence-corrected chi connectivity index (χ4v) is 2.19. The Morgan fingerprint density at radius 1 is 1.41 bits per heavy atom. The minimum absolute atomic E-state index is 0.332. The first-order valence-electron chi connectivity index (χ1n) is 6.00. The van der Waals surface area contributed by atoms with E-state index < -0.39 is 0 Å². The van der Waals surface area contributed by atoms with E-state index in [0.717, 1.165) is 23.6 Å². The molecule has 17 heavy (non-hydrogen) atoms. The van der Waals surface area contributed by atoms with Gasteiger partial charge in [-0.2, -0.15) is 0 Å². The molecular weight excluding hydrogens is 234 g/mol. The van der Waals surface area contributed by atoms with Gasteiger partial charge < -0.3 is 10.1 Å². The van der Waals surface area contributed by atoms with Crippen LogP contribution in [0.2, 0.25) is 5.02 Å². The van der Waals surface area contributed by atoms with Gasteiger partial charge in [0.15, 0.2) is 0 Å². The van der Waals surface area contributed by atoms with Crippen LogP contribution in [-0.4, -0.2) is 20.8 Å². The van der Waals surface area contributed by atoms with Gasteiger partial charge in [-0.1, -0.05) is 30.7 Å².